The molecule has 0 amide bonds. The maximum Gasteiger partial charge on any atom is 0.307 e. The number of nitrogens with one attached hydrogen (secondary N) is 1. The highest BCUT2D eigenvalue weighted by Gasteiger charge is 2.70. The number of anilines is 1. The second-order valence-electron chi connectivity index (χ2n) is 20.1. The molecule has 4 aliphatic carbocycles. The Morgan fingerprint density at radius 2 is 1.76 bits per heavy atom. The van der Waals surface area contributed by atoms with Crippen LogP contribution in [-0.2, 0) is 14.3 Å². The number of rotatable bonds is 11. The maximum atomic E-state index is 13.5. The zero-order valence-corrected chi connectivity index (χ0v) is 34.5. The molecule has 0 aliphatic heterocycles. The summed E-state index contributed by atoms with van der Waals surface area (Å²) in [6.07, 6.45) is 7.80. The fourth-order valence-electron chi connectivity index (χ4n) is 12.6. The average Bonchev–Trinajstić information content (AvgIpc) is 3.46. The van der Waals surface area contributed by atoms with Crippen molar-refractivity contribution in [1.82, 2.24) is 25.5 Å². The van der Waals surface area contributed by atoms with Crippen LogP contribution in [0.3, 0.4) is 0 Å². The molecule has 0 saturated heterocycles. The third-order valence-electron chi connectivity index (χ3n) is 16.5. The van der Waals surface area contributed by atoms with Crippen LogP contribution in [0.25, 0.3) is 0 Å². The van der Waals surface area contributed by atoms with Crippen LogP contribution >= 0.6 is 0 Å². The first-order valence-corrected chi connectivity index (χ1v) is 19.8. The Morgan fingerprint density at radius 1 is 1.10 bits per heavy atom. The molecule has 3 fully saturated rings. The largest absolute Gasteiger partial charge is 0.481 e. The number of ether oxygens (including phenoxy) is 2. The van der Waals surface area contributed by atoms with Crippen molar-refractivity contribution in [3.8, 4) is 0 Å². The minimum atomic E-state index is -0.629. The van der Waals surface area contributed by atoms with E-state index < -0.39 is 11.9 Å². The summed E-state index contributed by atoms with van der Waals surface area (Å²) in [6.45, 7) is 31.7. The van der Waals surface area contributed by atoms with Gasteiger partial charge in [-0.25, -0.2) is 0 Å². The number of nitrogens with zero attached hydrogens (tertiary/aromatic N) is 4. The van der Waals surface area contributed by atoms with Gasteiger partial charge in [-0.3, -0.25) is 4.79 Å². The van der Waals surface area contributed by atoms with Crippen molar-refractivity contribution < 1.29 is 19.4 Å². The summed E-state index contributed by atoms with van der Waals surface area (Å²) in [4.78, 5) is 15.2. The molecule has 1 heterocycles. The van der Waals surface area contributed by atoms with Crippen LogP contribution < -0.4 is 11.1 Å². The predicted molar refractivity (Wildman–Crippen MR) is 203 cm³/mol. The van der Waals surface area contributed by atoms with Gasteiger partial charge in [-0.15, -0.1) is 5.10 Å². The molecule has 290 valence electrons. The van der Waals surface area contributed by atoms with Crippen molar-refractivity contribution in [2.24, 2.45) is 62.1 Å². The van der Waals surface area contributed by atoms with Crippen LogP contribution in [0.4, 0.5) is 5.95 Å². The van der Waals surface area contributed by atoms with E-state index in [2.05, 4.69) is 117 Å². The number of hydrogen-bond acceptors (Lipinski definition) is 8. The van der Waals surface area contributed by atoms with E-state index >= 15 is 0 Å². The van der Waals surface area contributed by atoms with Gasteiger partial charge in [-0.2, -0.15) is 4.80 Å². The minimum absolute atomic E-state index is 0.0564. The molecule has 0 spiro atoms. The van der Waals surface area contributed by atoms with E-state index in [1.807, 2.05) is 0 Å². The van der Waals surface area contributed by atoms with Crippen LogP contribution in [0.5, 0.6) is 0 Å². The van der Waals surface area contributed by atoms with Gasteiger partial charge in [0.15, 0.2) is 0 Å². The van der Waals surface area contributed by atoms with Gasteiger partial charge in [0.05, 0.1) is 25.2 Å². The number of nitrogens with two attached hydrogens (primary N) is 1. The zero-order valence-electron chi connectivity index (χ0n) is 34.5. The quantitative estimate of drug-likeness (QED) is 0.196. The lowest BCUT2D eigenvalue weighted by Gasteiger charge is -2.70. The van der Waals surface area contributed by atoms with E-state index in [1.165, 1.54) is 5.57 Å². The van der Waals surface area contributed by atoms with Crippen LogP contribution in [0.15, 0.2) is 11.6 Å². The third kappa shape index (κ3) is 6.00. The van der Waals surface area contributed by atoms with Crippen molar-refractivity contribution in [2.45, 2.75) is 146 Å². The van der Waals surface area contributed by atoms with Crippen molar-refractivity contribution >= 4 is 11.9 Å². The molecule has 51 heavy (non-hydrogen) atoms. The average molecular weight is 713 g/mol. The van der Waals surface area contributed by atoms with E-state index in [4.69, 9.17) is 15.2 Å². The number of aliphatic carboxylic acids is 1. The lowest BCUT2D eigenvalue weighted by Crippen LogP contribution is -2.66. The summed E-state index contributed by atoms with van der Waals surface area (Å²) in [5.74, 6) is 0.387. The smallest absolute Gasteiger partial charge is 0.307 e. The Kier molecular flexibility index (Phi) is 10.5. The molecular formula is C41H72N6O4. The number of likely N-dealkylation sites (N-methyl/N-ethyl adjacent to an activating group) is 1. The summed E-state index contributed by atoms with van der Waals surface area (Å²) in [6, 6.07) is -0.226. The van der Waals surface area contributed by atoms with Crippen molar-refractivity contribution in [2.75, 3.05) is 32.6 Å². The Hall–Kier alpha value is -2.04. The monoisotopic (exact) mass is 713 g/mol. The highest BCUT2D eigenvalue weighted by Crippen LogP contribution is 2.74. The molecule has 1 unspecified atom stereocenters. The first-order chi connectivity index (χ1) is 23.5. The van der Waals surface area contributed by atoms with E-state index in [0.717, 1.165) is 45.1 Å². The number of nitrogen functional groups attached to an aromatic ring is 1. The molecule has 1 aromatic rings. The van der Waals surface area contributed by atoms with Crippen LogP contribution in [0.2, 0.25) is 0 Å². The number of tetrazole rings is 1. The number of allylic oxidation sites excluding steroid dienone is 2. The fraction of sp³-hybridized carbons (Fsp3) is 0.902. The third-order valence-corrected chi connectivity index (χ3v) is 16.5. The van der Waals surface area contributed by atoms with E-state index in [-0.39, 0.29) is 68.0 Å². The first-order valence-electron chi connectivity index (χ1n) is 19.8. The number of methoxy groups -OCH3 is 1. The molecule has 12 atom stereocenters. The van der Waals surface area contributed by atoms with Crippen molar-refractivity contribution in [3.63, 3.8) is 0 Å². The second-order valence-corrected chi connectivity index (χ2v) is 20.1. The summed E-state index contributed by atoms with van der Waals surface area (Å²) >= 11 is 0. The maximum absolute atomic E-state index is 13.5. The van der Waals surface area contributed by atoms with E-state index in [0.29, 0.717) is 25.0 Å². The summed E-state index contributed by atoms with van der Waals surface area (Å²) in [7, 11) is 1.80. The van der Waals surface area contributed by atoms with Crippen LogP contribution in [-0.4, -0.2) is 69.8 Å². The molecule has 5 rings (SSSR count). The Balaban J connectivity index is 1.62. The van der Waals surface area contributed by atoms with Crippen LogP contribution in [0, 0.1) is 62.1 Å². The number of carbonyl (C=O) groups is 1. The van der Waals surface area contributed by atoms with E-state index in [9.17, 15) is 9.90 Å². The van der Waals surface area contributed by atoms with Gasteiger partial charge in [0.2, 0.25) is 0 Å². The highest BCUT2D eigenvalue weighted by atomic mass is 16.5. The van der Waals surface area contributed by atoms with Gasteiger partial charge in [0.1, 0.15) is 6.04 Å². The lowest BCUT2D eigenvalue weighted by atomic mass is 9.34. The molecule has 0 bridgehead atoms. The van der Waals surface area contributed by atoms with Gasteiger partial charge < -0.3 is 25.6 Å². The second kappa shape index (κ2) is 13.4. The van der Waals surface area contributed by atoms with Crippen LogP contribution in [0.1, 0.15) is 135 Å². The molecular weight excluding hydrogens is 640 g/mol. The zero-order chi connectivity index (χ0) is 38.2. The number of carboxylic acid groups (broad SMARTS) is 1. The van der Waals surface area contributed by atoms with Gasteiger partial charge in [0.25, 0.3) is 5.95 Å². The van der Waals surface area contributed by atoms with Gasteiger partial charge in [-0.1, -0.05) is 99.8 Å². The minimum Gasteiger partial charge on any atom is -0.481 e. The molecule has 1 aromatic heterocycles. The number of fused-ring (bicyclic) bond motifs is 5. The molecule has 10 nitrogen and oxygen atoms in total. The summed E-state index contributed by atoms with van der Waals surface area (Å²) in [5, 5.41) is 28.1. The Bertz CT molecular complexity index is 1470. The number of hydrogen-bond donors (Lipinski definition) is 3. The van der Waals surface area contributed by atoms with Gasteiger partial charge >= 0.3 is 5.97 Å². The first kappa shape index (κ1) is 40.2. The molecule has 10 heteroatoms. The number of aromatic nitrogens is 4. The SMILES string of the molecule is CCN[C@@](C)(CO[C@H]1[C@H](n2nnc(N)n2)C[C@]2(C)C3=CC[C@@]4(C)[C@H](C(=O)O)[C@@](C)([C@H](C)C(C)C)CC[C@]4(C)[C@H]3CC[C@H]2C1(C)COC)C(C)(C)C. The van der Waals surface area contributed by atoms with Gasteiger partial charge in [0, 0.05) is 18.1 Å². The van der Waals surface area contributed by atoms with Gasteiger partial charge in [-0.05, 0) is 108 Å². The Labute approximate surface area is 308 Å². The molecule has 4 aliphatic rings. The summed E-state index contributed by atoms with van der Waals surface area (Å²) in [5.41, 5.74) is 5.91. The standard InChI is InChI=1S/C41H72N6O4/c1-15-43-41(13,35(5,6)7)24-51-32-29(47-45-34(42)44-46-47)22-37(9)27-18-19-40(12)31(33(48)49)36(8,26(4)25(2)3)20-21-39(40,11)28(27)16-17-30(37)38(32,10)23-50-14/h18,25-26,28-32,43H,15-17,19-24H2,1-14H3,(H2,42,45)(H,48,49)/t26-,28+,29-,30-,31-,32+,36-,37-,38?,39-,40+,41+/m1/s1. The Morgan fingerprint density at radius 3 is 2.29 bits per heavy atom. The molecule has 3 saturated carbocycles. The normalized spacial score (nSPS) is 41.5. The van der Waals surface area contributed by atoms with E-state index in [1.54, 1.807) is 11.9 Å². The van der Waals surface area contributed by atoms with Crippen molar-refractivity contribution in [1.29, 1.82) is 0 Å². The highest BCUT2D eigenvalue weighted by molar-refractivity contribution is 5.73. The summed E-state index contributed by atoms with van der Waals surface area (Å²) < 4.78 is 13.4. The lowest BCUT2D eigenvalue weighted by molar-refractivity contribution is -0.214. The predicted octanol–water partition coefficient (Wildman–Crippen LogP) is 7.82. The molecule has 4 N–H and O–H groups in total. The molecule has 0 aromatic carbocycles. The number of carboxylic acids is 1. The molecule has 0 radical (unpaired) electrons. The topological polar surface area (TPSA) is 137 Å². The fourth-order valence-corrected chi connectivity index (χ4v) is 12.6. The van der Waals surface area contributed by atoms with Crippen molar-refractivity contribution in [3.05, 3.63) is 11.6 Å².